The van der Waals surface area contributed by atoms with E-state index in [2.05, 4.69) is 37.7 Å². The van der Waals surface area contributed by atoms with Crippen molar-refractivity contribution in [2.45, 2.75) is 5.16 Å². The first-order chi connectivity index (χ1) is 9.10. The Kier molecular flexibility index (Phi) is 4.90. The van der Waals surface area contributed by atoms with E-state index in [9.17, 15) is 0 Å². The van der Waals surface area contributed by atoms with E-state index in [1.54, 1.807) is 25.3 Å². The molecule has 0 unspecified atom stereocenters. The standard InChI is InChI=1S/C12H11BrClN3OS/c1-7(13)6-19-12-15-11(16-17-12)9-5-8(14)3-4-10(9)18-2/h3-5H,1,6H2,2H3,(H,15,16,17). The summed E-state index contributed by atoms with van der Waals surface area (Å²) in [6.45, 7) is 3.77. The Morgan fingerprint density at radius 3 is 3.05 bits per heavy atom. The Balaban J connectivity index is 2.27. The number of hydrogen-bond donors (Lipinski definition) is 1. The van der Waals surface area contributed by atoms with E-state index < -0.39 is 0 Å². The van der Waals surface area contributed by atoms with Crippen LogP contribution in [0.2, 0.25) is 5.02 Å². The summed E-state index contributed by atoms with van der Waals surface area (Å²) >= 11 is 10.8. The van der Waals surface area contributed by atoms with Crippen molar-refractivity contribution < 1.29 is 4.74 Å². The van der Waals surface area contributed by atoms with Gasteiger partial charge in [0.25, 0.3) is 0 Å². The van der Waals surface area contributed by atoms with E-state index in [1.165, 1.54) is 11.8 Å². The minimum absolute atomic E-state index is 0.621. The molecular formula is C12H11BrClN3OS. The van der Waals surface area contributed by atoms with Crippen LogP contribution in [0.5, 0.6) is 5.75 Å². The molecule has 1 heterocycles. The lowest BCUT2D eigenvalue weighted by Crippen LogP contribution is -1.89. The van der Waals surface area contributed by atoms with Crippen molar-refractivity contribution in [3.63, 3.8) is 0 Å². The van der Waals surface area contributed by atoms with Crippen molar-refractivity contribution in [2.75, 3.05) is 12.9 Å². The van der Waals surface area contributed by atoms with Gasteiger partial charge in [0, 0.05) is 10.8 Å². The zero-order valence-electron chi connectivity index (χ0n) is 10.1. The van der Waals surface area contributed by atoms with Crippen molar-refractivity contribution in [1.82, 2.24) is 15.2 Å². The van der Waals surface area contributed by atoms with Crippen molar-refractivity contribution in [3.8, 4) is 17.1 Å². The maximum absolute atomic E-state index is 5.99. The van der Waals surface area contributed by atoms with Gasteiger partial charge in [0.15, 0.2) is 5.82 Å². The Bertz CT molecular complexity index is 602. The van der Waals surface area contributed by atoms with Crippen molar-refractivity contribution in [1.29, 1.82) is 0 Å². The maximum atomic E-state index is 5.99. The van der Waals surface area contributed by atoms with Gasteiger partial charge >= 0.3 is 0 Å². The molecule has 1 N–H and O–H groups in total. The van der Waals surface area contributed by atoms with Crippen LogP contribution in [0.1, 0.15) is 0 Å². The van der Waals surface area contributed by atoms with Crippen LogP contribution >= 0.6 is 39.3 Å². The highest BCUT2D eigenvalue weighted by atomic mass is 79.9. The van der Waals surface area contributed by atoms with Gasteiger partial charge in [-0.05, 0) is 22.7 Å². The molecule has 7 heteroatoms. The van der Waals surface area contributed by atoms with Crippen molar-refractivity contribution in [2.24, 2.45) is 0 Å². The minimum Gasteiger partial charge on any atom is -0.496 e. The second-order valence-corrected chi connectivity index (χ2v) is 6.12. The largest absolute Gasteiger partial charge is 0.496 e. The Hall–Kier alpha value is -0.980. The van der Waals surface area contributed by atoms with E-state index >= 15 is 0 Å². The second-order valence-electron chi connectivity index (χ2n) is 3.62. The third-order valence-corrected chi connectivity index (χ3v) is 4.06. The molecule has 0 saturated carbocycles. The van der Waals surface area contributed by atoms with Crippen LogP contribution in [0.15, 0.2) is 34.4 Å². The number of nitrogens with zero attached hydrogens (tertiary/aromatic N) is 2. The molecule has 0 bridgehead atoms. The summed E-state index contributed by atoms with van der Waals surface area (Å²) < 4.78 is 6.18. The lowest BCUT2D eigenvalue weighted by molar-refractivity contribution is 0.416. The summed E-state index contributed by atoms with van der Waals surface area (Å²) in [5.41, 5.74) is 0.784. The molecule has 19 heavy (non-hydrogen) atoms. The van der Waals surface area contributed by atoms with E-state index in [4.69, 9.17) is 16.3 Å². The number of aromatic amines is 1. The summed E-state index contributed by atoms with van der Waals surface area (Å²) in [5.74, 6) is 2.04. The molecule has 2 aromatic rings. The van der Waals surface area contributed by atoms with Crippen LogP contribution in [0.25, 0.3) is 11.4 Å². The van der Waals surface area contributed by atoms with Gasteiger partial charge in [-0.2, -0.15) is 0 Å². The smallest absolute Gasteiger partial charge is 0.209 e. The first-order valence-corrected chi connectivity index (χ1v) is 7.48. The fourth-order valence-corrected chi connectivity index (χ4v) is 2.51. The molecule has 0 spiro atoms. The molecule has 0 aliphatic rings. The quantitative estimate of drug-likeness (QED) is 0.814. The predicted octanol–water partition coefficient (Wildman–Crippen LogP) is 4.13. The highest BCUT2D eigenvalue weighted by Crippen LogP contribution is 2.31. The SMILES string of the molecule is C=C(Br)CSc1n[nH]c(-c2cc(Cl)ccc2OC)n1. The molecule has 0 atom stereocenters. The molecule has 0 radical (unpaired) electrons. The number of methoxy groups -OCH3 is 1. The summed E-state index contributed by atoms with van der Waals surface area (Å²) in [7, 11) is 1.60. The third-order valence-electron chi connectivity index (χ3n) is 2.24. The van der Waals surface area contributed by atoms with Crippen molar-refractivity contribution in [3.05, 3.63) is 34.3 Å². The van der Waals surface area contributed by atoms with Crippen LogP contribution in [-0.2, 0) is 0 Å². The first-order valence-electron chi connectivity index (χ1n) is 5.32. The maximum Gasteiger partial charge on any atom is 0.209 e. The molecule has 0 saturated heterocycles. The molecule has 100 valence electrons. The number of ether oxygens (including phenoxy) is 1. The van der Waals surface area contributed by atoms with Gasteiger partial charge in [0.1, 0.15) is 5.75 Å². The Morgan fingerprint density at radius 1 is 1.58 bits per heavy atom. The van der Waals surface area contributed by atoms with Crippen molar-refractivity contribution >= 4 is 39.3 Å². The van der Waals surface area contributed by atoms with Gasteiger partial charge in [-0.1, -0.05) is 45.9 Å². The lowest BCUT2D eigenvalue weighted by atomic mass is 10.2. The van der Waals surface area contributed by atoms with Crippen LogP contribution in [-0.4, -0.2) is 28.0 Å². The van der Waals surface area contributed by atoms with Crippen LogP contribution in [0, 0.1) is 0 Å². The van der Waals surface area contributed by atoms with Gasteiger partial charge in [-0.15, -0.1) is 5.10 Å². The third kappa shape index (κ3) is 3.75. The molecule has 4 nitrogen and oxygen atoms in total. The van der Waals surface area contributed by atoms with Gasteiger partial charge in [-0.25, -0.2) is 4.98 Å². The van der Waals surface area contributed by atoms with Gasteiger partial charge in [-0.3, -0.25) is 5.10 Å². The molecule has 1 aromatic heterocycles. The van der Waals surface area contributed by atoms with Crippen LogP contribution in [0.4, 0.5) is 0 Å². The molecule has 1 aromatic carbocycles. The fourth-order valence-electron chi connectivity index (χ4n) is 1.44. The van der Waals surface area contributed by atoms with Crippen LogP contribution in [0.3, 0.4) is 0 Å². The number of benzene rings is 1. The highest BCUT2D eigenvalue weighted by Gasteiger charge is 2.12. The van der Waals surface area contributed by atoms with Crippen LogP contribution < -0.4 is 4.74 Å². The Labute approximate surface area is 128 Å². The summed E-state index contributed by atoms with van der Waals surface area (Å²) in [5, 5.41) is 8.29. The number of halogens is 2. The molecule has 0 fully saturated rings. The molecule has 0 amide bonds. The summed E-state index contributed by atoms with van der Waals surface area (Å²) in [6.07, 6.45) is 0. The first kappa shape index (κ1) is 14.4. The summed E-state index contributed by atoms with van der Waals surface area (Å²) in [6, 6.07) is 5.36. The molecule has 0 aliphatic heterocycles. The monoisotopic (exact) mass is 359 g/mol. The Morgan fingerprint density at radius 2 is 2.37 bits per heavy atom. The molecule has 2 rings (SSSR count). The molecular weight excluding hydrogens is 350 g/mol. The number of aromatic nitrogens is 3. The lowest BCUT2D eigenvalue weighted by Gasteiger charge is -2.05. The number of hydrogen-bond acceptors (Lipinski definition) is 4. The van der Waals surface area contributed by atoms with E-state index in [0.717, 1.165) is 10.0 Å². The fraction of sp³-hybridized carbons (Fsp3) is 0.167. The van der Waals surface area contributed by atoms with Gasteiger partial charge < -0.3 is 4.74 Å². The minimum atomic E-state index is 0.621. The number of H-pyrrole nitrogens is 1. The van der Waals surface area contributed by atoms with E-state index in [0.29, 0.717) is 27.5 Å². The van der Waals surface area contributed by atoms with Gasteiger partial charge in [0.2, 0.25) is 5.16 Å². The molecule has 0 aliphatic carbocycles. The van der Waals surface area contributed by atoms with Gasteiger partial charge in [0.05, 0.1) is 12.7 Å². The number of nitrogens with one attached hydrogen (secondary N) is 1. The zero-order valence-corrected chi connectivity index (χ0v) is 13.3. The summed E-state index contributed by atoms with van der Waals surface area (Å²) in [4.78, 5) is 4.40. The predicted molar refractivity (Wildman–Crippen MR) is 82.2 cm³/mol. The zero-order chi connectivity index (χ0) is 13.8. The topological polar surface area (TPSA) is 50.8 Å². The van der Waals surface area contributed by atoms with E-state index in [1.807, 2.05) is 0 Å². The number of rotatable bonds is 5. The second kappa shape index (κ2) is 6.45. The average molecular weight is 361 g/mol. The average Bonchev–Trinajstić information content (AvgIpc) is 2.85. The highest BCUT2D eigenvalue weighted by molar-refractivity contribution is 9.11. The normalized spacial score (nSPS) is 10.5. The number of thioether (sulfide) groups is 1. The van der Waals surface area contributed by atoms with E-state index in [-0.39, 0.29) is 0 Å².